The highest BCUT2D eigenvalue weighted by Gasteiger charge is 2.39. The maximum Gasteiger partial charge on any atom is 0.161 e. The second-order valence-electron chi connectivity index (χ2n) is 7.39. The minimum absolute atomic E-state index is 0.0990. The molecule has 23 heavy (non-hydrogen) atoms. The van der Waals surface area contributed by atoms with Crippen LogP contribution in [0.25, 0.3) is 0 Å². The maximum atomic E-state index is 10.8. The third-order valence-corrected chi connectivity index (χ3v) is 5.26. The Bertz CT molecular complexity index is 558. The zero-order valence-electron chi connectivity index (χ0n) is 14.7. The van der Waals surface area contributed by atoms with Crippen molar-refractivity contribution >= 4 is 0 Å². The van der Waals surface area contributed by atoms with Gasteiger partial charge >= 0.3 is 0 Å². The van der Waals surface area contributed by atoms with Crippen molar-refractivity contribution in [2.24, 2.45) is 11.8 Å². The van der Waals surface area contributed by atoms with E-state index in [1.54, 1.807) is 14.2 Å². The van der Waals surface area contributed by atoms with E-state index in [1.165, 1.54) is 17.5 Å². The van der Waals surface area contributed by atoms with Crippen LogP contribution in [0.4, 0.5) is 0 Å². The zero-order valence-corrected chi connectivity index (χ0v) is 14.7. The number of nitrogens with zero attached hydrogens (tertiary/aromatic N) is 1. The van der Waals surface area contributed by atoms with E-state index in [2.05, 4.69) is 30.9 Å². The van der Waals surface area contributed by atoms with E-state index in [0.29, 0.717) is 11.8 Å². The van der Waals surface area contributed by atoms with Crippen LogP contribution in [-0.2, 0) is 6.42 Å². The molecule has 2 aliphatic heterocycles. The number of aliphatic hydroxyl groups is 1. The SMILES string of the molecule is COc1cc2c(cc1OC)[C@@H]1C(O)C[C@@H](CC(C)C)CN1CC2. The van der Waals surface area contributed by atoms with Crippen LogP contribution in [0.3, 0.4) is 0 Å². The van der Waals surface area contributed by atoms with Crippen LogP contribution in [0, 0.1) is 11.8 Å². The summed E-state index contributed by atoms with van der Waals surface area (Å²) < 4.78 is 10.9. The number of ether oxygens (including phenoxy) is 2. The number of fused-ring (bicyclic) bond motifs is 3. The van der Waals surface area contributed by atoms with E-state index in [1.807, 2.05) is 0 Å². The van der Waals surface area contributed by atoms with Gasteiger partial charge in [-0.3, -0.25) is 4.90 Å². The fourth-order valence-electron chi connectivity index (χ4n) is 4.40. The lowest BCUT2D eigenvalue weighted by Crippen LogP contribution is -2.49. The molecular formula is C19H29NO3. The second kappa shape index (κ2) is 6.70. The maximum absolute atomic E-state index is 10.8. The molecule has 0 aromatic heterocycles. The lowest BCUT2D eigenvalue weighted by molar-refractivity contribution is -0.0256. The predicted molar refractivity (Wildman–Crippen MR) is 91.1 cm³/mol. The molecule has 1 aromatic rings. The highest BCUT2D eigenvalue weighted by Crippen LogP contribution is 2.43. The Morgan fingerprint density at radius 1 is 1.22 bits per heavy atom. The average molecular weight is 319 g/mol. The Balaban J connectivity index is 1.89. The smallest absolute Gasteiger partial charge is 0.161 e. The molecule has 0 radical (unpaired) electrons. The summed E-state index contributed by atoms with van der Waals surface area (Å²) in [6.07, 6.45) is 2.80. The van der Waals surface area contributed by atoms with Crippen LogP contribution < -0.4 is 9.47 Å². The normalized spacial score (nSPS) is 27.5. The Kier molecular flexibility index (Phi) is 4.83. The number of hydrogen-bond acceptors (Lipinski definition) is 4. The molecule has 1 unspecified atom stereocenters. The molecule has 0 bridgehead atoms. The molecule has 3 rings (SSSR count). The monoisotopic (exact) mass is 319 g/mol. The van der Waals surface area contributed by atoms with Gasteiger partial charge in [-0.05, 0) is 54.4 Å². The van der Waals surface area contributed by atoms with Crippen molar-refractivity contribution < 1.29 is 14.6 Å². The number of rotatable bonds is 4. The fraction of sp³-hybridized carbons (Fsp3) is 0.684. The first-order valence-corrected chi connectivity index (χ1v) is 8.70. The summed E-state index contributed by atoms with van der Waals surface area (Å²) in [5, 5.41) is 10.8. The van der Waals surface area contributed by atoms with Gasteiger partial charge in [0.2, 0.25) is 0 Å². The summed E-state index contributed by atoms with van der Waals surface area (Å²) in [6, 6.07) is 4.25. The molecule has 128 valence electrons. The molecule has 2 heterocycles. The van der Waals surface area contributed by atoms with Crippen molar-refractivity contribution in [3.63, 3.8) is 0 Å². The Hall–Kier alpha value is -1.26. The molecule has 3 atom stereocenters. The van der Waals surface area contributed by atoms with E-state index in [9.17, 15) is 5.11 Å². The quantitative estimate of drug-likeness (QED) is 0.926. The summed E-state index contributed by atoms with van der Waals surface area (Å²) in [7, 11) is 3.34. The summed E-state index contributed by atoms with van der Waals surface area (Å²) in [5.74, 6) is 2.82. The van der Waals surface area contributed by atoms with Crippen LogP contribution in [0.15, 0.2) is 12.1 Å². The third kappa shape index (κ3) is 3.20. The minimum atomic E-state index is -0.301. The summed E-state index contributed by atoms with van der Waals surface area (Å²) >= 11 is 0. The fourth-order valence-corrected chi connectivity index (χ4v) is 4.40. The van der Waals surface area contributed by atoms with Gasteiger partial charge in [0.25, 0.3) is 0 Å². The highest BCUT2D eigenvalue weighted by molar-refractivity contribution is 5.49. The van der Waals surface area contributed by atoms with Crippen molar-refractivity contribution in [1.29, 1.82) is 0 Å². The number of methoxy groups -OCH3 is 2. The van der Waals surface area contributed by atoms with Gasteiger partial charge in [-0.25, -0.2) is 0 Å². The molecule has 1 fully saturated rings. The van der Waals surface area contributed by atoms with Gasteiger partial charge in [0.05, 0.1) is 26.4 Å². The first kappa shape index (κ1) is 16.6. The van der Waals surface area contributed by atoms with Crippen LogP contribution in [-0.4, -0.2) is 43.4 Å². The van der Waals surface area contributed by atoms with Gasteiger partial charge in [-0.15, -0.1) is 0 Å². The van der Waals surface area contributed by atoms with E-state index < -0.39 is 0 Å². The van der Waals surface area contributed by atoms with Crippen LogP contribution >= 0.6 is 0 Å². The largest absolute Gasteiger partial charge is 0.493 e. The number of benzene rings is 1. The van der Waals surface area contributed by atoms with Crippen molar-refractivity contribution in [1.82, 2.24) is 4.90 Å². The molecular weight excluding hydrogens is 290 g/mol. The molecule has 4 heteroatoms. The molecule has 4 nitrogen and oxygen atoms in total. The Morgan fingerprint density at radius 2 is 1.91 bits per heavy atom. The molecule has 1 aromatic carbocycles. The van der Waals surface area contributed by atoms with Crippen molar-refractivity contribution in [3.8, 4) is 11.5 Å². The number of hydrogen-bond donors (Lipinski definition) is 1. The number of piperidine rings is 1. The topological polar surface area (TPSA) is 41.9 Å². The second-order valence-corrected chi connectivity index (χ2v) is 7.39. The predicted octanol–water partition coefficient (Wildman–Crippen LogP) is 3.03. The summed E-state index contributed by atoms with van der Waals surface area (Å²) in [5.41, 5.74) is 2.50. The lowest BCUT2D eigenvalue weighted by atomic mass is 9.79. The first-order chi connectivity index (χ1) is 11.0. The molecule has 2 aliphatic rings. The summed E-state index contributed by atoms with van der Waals surface area (Å²) in [4.78, 5) is 2.47. The van der Waals surface area contributed by atoms with Crippen LogP contribution in [0.1, 0.15) is 43.9 Å². The molecule has 1 saturated heterocycles. The van der Waals surface area contributed by atoms with E-state index >= 15 is 0 Å². The lowest BCUT2D eigenvalue weighted by Gasteiger charge is -2.46. The van der Waals surface area contributed by atoms with E-state index in [-0.39, 0.29) is 12.1 Å². The van der Waals surface area contributed by atoms with Crippen LogP contribution in [0.2, 0.25) is 0 Å². The molecule has 0 spiro atoms. The average Bonchev–Trinajstić information content (AvgIpc) is 2.52. The van der Waals surface area contributed by atoms with Crippen molar-refractivity contribution in [3.05, 3.63) is 23.3 Å². The Labute approximate surface area is 139 Å². The minimum Gasteiger partial charge on any atom is -0.493 e. The van der Waals surface area contributed by atoms with Gasteiger partial charge in [0.15, 0.2) is 11.5 Å². The van der Waals surface area contributed by atoms with Gasteiger partial charge < -0.3 is 14.6 Å². The third-order valence-electron chi connectivity index (χ3n) is 5.26. The van der Waals surface area contributed by atoms with Gasteiger partial charge in [-0.1, -0.05) is 13.8 Å². The van der Waals surface area contributed by atoms with Gasteiger partial charge in [0.1, 0.15) is 0 Å². The molecule has 1 N–H and O–H groups in total. The van der Waals surface area contributed by atoms with Crippen molar-refractivity contribution in [2.45, 2.75) is 45.3 Å². The van der Waals surface area contributed by atoms with Gasteiger partial charge in [0, 0.05) is 13.1 Å². The zero-order chi connectivity index (χ0) is 16.6. The highest BCUT2D eigenvalue weighted by atomic mass is 16.5. The van der Waals surface area contributed by atoms with E-state index in [0.717, 1.165) is 37.4 Å². The summed E-state index contributed by atoms with van der Waals surface area (Å²) in [6.45, 7) is 6.63. The Morgan fingerprint density at radius 3 is 2.57 bits per heavy atom. The standard InChI is InChI=1S/C19H29NO3/c1-12(2)7-13-8-16(21)19-15-10-18(23-4)17(22-3)9-14(15)5-6-20(19)11-13/h9-10,12-13,16,19,21H,5-8,11H2,1-4H3/t13-,16?,19-/m1/s1. The van der Waals surface area contributed by atoms with Crippen molar-refractivity contribution in [2.75, 3.05) is 27.3 Å². The van der Waals surface area contributed by atoms with E-state index in [4.69, 9.17) is 9.47 Å². The molecule has 0 aliphatic carbocycles. The molecule has 0 saturated carbocycles. The first-order valence-electron chi connectivity index (χ1n) is 8.70. The number of aliphatic hydroxyl groups excluding tert-OH is 1. The van der Waals surface area contributed by atoms with Crippen LogP contribution in [0.5, 0.6) is 11.5 Å². The van der Waals surface area contributed by atoms with Gasteiger partial charge in [-0.2, -0.15) is 0 Å². The molecule has 0 amide bonds.